The molecule has 0 saturated carbocycles. The minimum Gasteiger partial charge on any atom is -0.464 e. The van der Waals surface area contributed by atoms with Crippen LogP contribution in [0.25, 0.3) is 11.8 Å². The molecule has 1 aromatic heterocycles. The Morgan fingerprint density at radius 2 is 2.12 bits per heavy atom. The van der Waals surface area contributed by atoms with E-state index < -0.39 is 11.4 Å². The van der Waals surface area contributed by atoms with Gasteiger partial charge in [0.25, 0.3) is 0 Å². The fourth-order valence-corrected chi connectivity index (χ4v) is 3.06. The van der Waals surface area contributed by atoms with Gasteiger partial charge in [-0.2, -0.15) is 5.26 Å². The number of rotatable bonds is 2. The second kappa shape index (κ2) is 5.24. The largest absolute Gasteiger partial charge is 0.464 e. The Morgan fingerprint density at radius 3 is 2.75 bits per heavy atom. The molecule has 2 N–H and O–H groups in total. The van der Waals surface area contributed by atoms with Gasteiger partial charge in [-0.05, 0) is 17.7 Å². The lowest BCUT2D eigenvalue weighted by molar-refractivity contribution is 0.0593. The van der Waals surface area contributed by atoms with E-state index in [4.69, 9.17) is 15.7 Å². The predicted octanol–water partition coefficient (Wildman–Crippen LogP) is 3.16. The number of aromatic nitrogens is 1. The van der Waals surface area contributed by atoms with Gasteiger partial charge in [0.1, 0.15) is 11.9 Å². The summed E-state index contributed by atoms with van der Waals surface area (Å²) in [5.74, 6) is -1.06. The van der Waals surface area contributed by atoms with E-state index in [-0.39, 0.29) is 22.8 Å². The second-order valence-electron chi connectivity index (χ2n) is 6.23. The van der Waals surface area contributed by atoms with E-state index in [1.165, 1.54) is 23.9 Å². The van der Waals surface area contributed by atoms with Crippen LogP contribution in [0.5, 0.6) is 0 Å². The van der Waals surface area contributed by atoms with Crippen molar-refractivity contribution in [2.45, 2.75) is 19.3 Å². The van der Waals surface area contributed by atoms with Gasteiger partial charge in [0.15, 0.2) is 5.69 Å². The average Bonchev–Trinajstić information content (AvgIpc) is 3.03. The van der Waals surface area contributed by atoms with Crippen molar-refractivity contribution in [2.75, 3.05) is 12.8 Å². The first-order valence-electron chi connectivity index (χ1n) is 7.33. The van der Waals surface area contributed by atoms with Crippen LogP contribution in [0.2, 0.25) is 0 Å². The Labute approximate surface area is 138 Å². The number of nitrogens with zero attached hydrogens (tertiary/aromatic N) is 2. The topological polar surface area (TPSA) is 81.0 Å². The fourth-order valence-electron chi connectivity index (χ4n) is 3.06. The molecular weight excluding hydrogens is 309 g/mol. The number of allylic oxidation sites excluding steroid dienone is 1. The van der Waals surface area contributed by atoms with Crippen molar-refractivity contribution >= 4 is 17.7 Å². The molecule has 0 saturated heterocycles. The molecule has 2 aromatic rings. The third kappa shape index (κ3) is 2.17. The lowest BCUT2D eigenvalue weighted by atomic mass is 9.86. The monoisotopic (exact) mass is 325 g/mol. The third-order valence-corrected chi connectivity index (χ3v) is 4.25. The normalized spacial score (nSPS) is 14.3. The molecule has 3 rings (SSSR count). The van der Waals surface area contributed by atoms with Crippen LogP contribution in [0.1, 0.15) is 41.0 Å². The second-order valence-corrected chi connectivity index (χ2v) is 6.23. The van der Waals surface area contributed by atoms with Crippen LogP contribution in [0.3, 0.4) is 0 Å². The van der Waals surface area contributed by atoms with E-state index in [2.05, 4.69) is 0 Å². The summed E-state index contributed by atoms with van der Waals surface area (Å²) in [5, 5.41) is 9.15. The SMILES string of the molecule is COC(=O)c1c(N)c(C#N)cn1-c1cc(F)c2c(c1)C=CC2(C)C. The number of halogens is 1. The summed E-state index contributed by atoms with van der Waals surface area (Å²) in [7, 11) is 1.22. The number of fused-ring (bicyclic) bond motifs is 1. The highest BCUT2D eigenvalue weighted by Crippen LogP contribution is 2.39. The van der Waals surface area contributed by atoms with E-state index >= 15 is 0 Å². The van der Waals surface area contributed by atoms with E-state index in [1.54, 1.807) is 6.07 Å². The number of nitriles is 1. The van der Waals surface area contributed by atoms with E-state index in [0.717, 1.165) is 5.56 Å². The quantitative estimate of drug-likeness (QED) is 0.860. The first kappa shape index (κ1) is 15.8. The third-order valence-electron chi connectivity index (χ3n) is 4.25. The van der Waals surface area contributed by atoms with Crippen molar-refractivity contribution in [1.29, 1.82) is 5.26 Å². The smallest absolute Gasteiger partial charge is 0.357 e. The molecule has 0 radical (unpaired) electrons. The number of carbonyl (C=O) groups is 1. The van der Waals surface area contributed by atoms with Gasteiger partial charge in [-0.3, -0.25) is 0 Å². The molecule has 122 valence electrons. The Hall–Kier alpha value is -3.07. The molecule has 1 aliphatic rings. The lowest BCUT2D eigenvalue weighted by Crippen LogP contribution is -2.15. The molecule has 1 aliphatic carbocycles. The summed E-state index contributed by atoms with van der Waals surface area (Å²) in [5.41, 5.74) is 7.37. The highest BCUT2D eigenvalue weighted by molar-refractivity contribution is 5.96. The summed E-state index contributed by atoms with van der Waals surface area (Å²) in [6.45, 7) is 3.86. The maximum atomic E-state index is 14.7. The average molecular weight is 325 g/mol. The number of benzene rings is 1. The number of ether oxygens (including phenoxy) is 1. The molecule has 1 aromatic carbocycles. The Morgan fingerprint density at radius 1 is 1.42 bits per heavy atom. The summed E-state index contributed by atoms with van der Waals surface area (Å²) in [6.07, 6.45) is 5.18. The molecular formula is C18H16FN3O2. The highest BCUT2D eigenvalue weighted by atomic mass is 19.1. The van der Waals surface area contributed by atoms with Crippen LogP contribution in [0.15, 0.2) is 24.4 Å². The molecule has 6 heteroatoms. The van der Waals surface area contributed by atoms with Crippen molar-refractivity contribution in [1.82, 2.24) is 4.57 Å². The maximum Gasteiger partial charge on any atom is 0.357 e. The van der Waals surface area contributed by atoms with Crippen LogP contribution in [-0.2, 0) is 10.2 Å². The van der Waals surface area contributed by atoms with Crippen LogP contribution < -0.4 is 5.73 Å². The lowest BCUT2D eigenvalue weighted by Gasteiger charge is -2.19. The van der Waals surface area contributed by atoms with Crippen LogP contribution >= 0.6 is 0 Å². The van der Waals surface area contributed by atoms with Crippen LogP contribution in [0.4, 0.5) is 10.1 Å². The number of hydrogen-bond acceptors (Lipinski definition) is 4. The number of anilines is 1. The van der Waals surface area contributed by atoms with Gasteiger partial charge in [0, 0.05) is 22.9 Å². The number of hydrogen-bond donors (Lipinski definition) is 1. The minimum absolute atomic E-state index is 0.00892. The molecule has 5 nitrogen and oxygen atoms in total. The number of nitrogens with two attached hydrogens (primary N) is 1. The van der Waals surface area contributed by atoms with Gasteiger partial charge >= 0.3 is 5.97 Å². The molecule has 0 fully saturated rings. The van der Waals surface area contributed by atoms with Gasteiger partial charge in [-0.1, -0.05) is 26.0 Å². The van der Waals surface area contributed by atoms with Crippen molar-refractivity contribution in [2.24, 2.45) is 0 Å². The molecule has 0 bridgehead atoms. The molecule has 24 heavy (non-hydrogen) atoms. The predicted molar refractivity (Wildman–Crippen MR) is 88.3 cm³/mol. The van der Waals surface area contributed by atoms with E-state index in [0.29, 0.717) is 11.3 Å². The molecule has 0 atom stereocenters. The van der Waals surface area contributed by atoms with Gasteiger partial charge in [0.2, 0.25) is 0 Å². The van der Waals surface area contributed by atoms with Crippen LogP contribution in [-0.4, -0.2) is 17.6 Å². The first-order chi connectivity index (χ1) is 11.3. The molecule has 0 aliphatic heterocycles. The zero-order chi connectivity index (χ0) is 17.6. The Balaban J connectivity index is 2.25. The number of esters is 1. The Kier molecular flexibility index (Phi) is 3.45. The summed E-state index contributed by atoms with van der Waals surface area (Å²) >= 11 is 0. The van der Waals surface area contributed by atoms with Crippen LogP contribution in [0, 0.1) is 17.1 Å². The van der Waals surface area contributed by atoms with Crippen molar-refractivity contribution in [3.05, 3.63) is 52.6 Å². The Bertz CT molecular complexity index is 933. The zero-order valence-corrected chi connectivity index (χ0v) is 13.6. The van der Waals surface area contributed by atoms with Crippen molar-refractivity contribution in [3.63, 3.8) is 0 Å². The number of methoxy groups -OCH3 is 1. The zero-order valence-electron chi connectivity index (χ0n) is 13.6. The summed E-state index contributed by atoms with van der Waals surface area (Å²) < 4.78 is 20.8. The van der Waals surface area contributed by atoms with Gasteiger partial charge < -0.3 is 15.0 Å². The molecule has 1 heterocycles. The maximum absolute atomic E-state index is 14.7. The van der Waals surface area contributed by atoms with Crippen molar-refractivity contribution in [3.8, 4) is 11.8 Å². The highest BCUT2D eigenvalue weighted by Gasteiger charge is 2.30. The van der Waals surface area contributed by atoms with E-state index in [9.17, 15) is 9.18 Å². The first-order valence-corrected chi connectivity index (χ1v) is 7.33. The summed E-state index contributed by atoms with van der Waals surface area (Å²) in [4.78, 5) is 12.0. The van der Waals surface area contributed by atoms with Gasteiger partial charge in [0.05, 0.1) is 18.4 Å². The minimum atomic E-state index is -0.689. The molecule has 0 spiro atoms. The molecule has 0 unspecified atom stereocenters. The fraction of sp³-hybridized carbons (Fsp3) is 0.222. The van der Waals surface area contributed by atoms with Crippen molar-refractivity contribution < 1.29 is 13.9 Å². The number of nitrogen functional groups attached to an aromatic ring is 1. The van der Waals surface area contributed by atoms with Gasteiger partial charge in [-0.15, -0.1) is 0 Å². The number of carbonyl (C=O) groups excluding carboxylic acids is 1. The van der Waals surface area contributed by atoms with Gasteiger partial charge in [-0.25, -0.2) is 9.18 Å². The molecule has 0 amide bonds. The van der Waals surface area contributed by atoms with E-state index in [1.807, 2.05) is 32.1 Å². The summed E-state index contributed by atoms with van der Waals surface area (Å²) in [6, 6.07) is 5.02. The standard InChI is InChI=1S/C18H16FN3O2/c1-18(2)5-4-10-6-12(7-13(19)14(10)18)22-9-11(8-20)15(21)16(22)17(23)24-3/h4-7,9H,21H2,1-3H3.